The van der Waals surface area contributed by atoms with E-state index in [2.05, 4.69) is 46.2 Å². The van der Waals surface area contributed by atoms with Crippen LogP contribution in [0.5, 0.6) is 0 Å². The molecule has 1 aliphatic heterocycles. The Balaban J connectivity index is 1.92. The molecule has 0 amide bonds. The number of guanidine groups is 1. The molecule has 3 N–H and O–H groups in total. The fourth-order valence-corrected chi connectivity index (χ4v) is 3.55. The number of hydrogen-bond acceptors (Lipinski definition) is 4. The Morgan fingerprint density at radius 2 is 2.20 bits per heavy atom. The van der Waals surface area contributed by atoms with Crippen molar-refractivity contribution >= 4 is 5.96 Å². The lowest BCUT2D eigenvalue weighted by molar-refractivity contribution is 0.244. The van der Waals surface area contributed by atoms with Crippen LogP contribution in [0.2, 0.25) is 0 Å². The zero-order chi connectivity index (χ0) is 18.1. The predicted molar refractivity (Wildman–Crippen MR) is 101 cm³/mol. The first-order valence-electron chi connectivity index (χ1n) is 9.63. The van der Waals surface area contributed by atoms with Gasteiger partial charge < -0.3 is 15.3 Å². The van der Waals surface area contributed by atoms with Crippen LogP contribution in [0.15, 0.2) is 11.3 Å². The van der Waals surface area contributed by atoms with Gasteiger partial charge in [0.05, 0.1) is 0 Å². The molecule has 7 nitrogen and oxygen atoms in total. The number of aromatic amines is 1. The summed E-state index contributed by atoms with van der Waals surface area (Å²) in [5, 5.41) is 19.7. The molecule has 1 saturated heterocycles. The topological polar surface area (TPSA) is 89.4 Å². The first-order valence-corrected chi connectivity index (χ1v) is 9.63. The molecule has 0 bridgehead atoms. The molecule has 2 rings (SSSR count). The van der Waals surface area contributed by atoms with Gasteiger partial charge in [-0.3, -0.25) is 10.1 Å². The minimum absolute atomic E-state index is 0.242. The highest BCUT2D eigenvalue weighted by atomic mass is 16.3. The summed E-state index contributed by atoms with van der Waals surface area (Å²) in [6.07, 6.45) is 5.65. The number of likely N-dealkylation sites (tertiary alicyclic amines) is 1. The van der Waals surface area contributed by atoms with Gasteiger partial charge in [-0.05, 0) is 44.4 Å². The minimum atomic E-state index is 0.242. The Bertz CT molecular complexity index is 494. The van der Waals surface area contributed by atoms with E-state index in [0.29, 0.717) is 17.8 Å². The largest absolute Gasteiger partial charge is 0.396 e. The number of nitrogens with one attached hydrogen (secondary N) is 2. The van der Waals surface area contributed by atoms with E-state index in [0.717, 1.165) is 63.6 Å². The Hall–Kier alpha value is -1.63. The molecule has 2 heterocycles. The van der Waals surface area contributed by atoms with E-state index < -0.39 is 0 Å². The van der Waals surface area contributed by atoms with Gasteiger partial charge in [-0.2, -0.15) is 5.10 Å². The smallest absolute Gasteiger partial charge is 0.193 e. The third kappa shape index (κ3) is 6.30. The molecule has 142 valence electrons. The molecule has 0 aromatic carbocycles. The third-order valence-corrected chi connectivity index (χ3v) is 4.79. The summed E-state index contributed by atoms with van der Waals surface area (Å²) in [6.45, 7) is 10.4. The van der Waals surface area contributed by atoms with Crippen LogP contribution in [0.3, 0.4) is 0 Å². The van der Waals surface area contributed by atoms with Crippen molar-refractivity contribution in [2.24, 2.45) is 16.8 Å². The van der Waals surface area contributed by atoms with Gasteiger partial charge in [-0.15, -0.1) is 0 Å². The zero-order valence-electron chi connectivity index (χ0n) is 15.9. The molecule has 0 saturated carbocycles. The average molecular weight is 351 g/mol. The normalized spacial score (nSPS) is 18.0. The van der Waals surface area contributed by atoms with Crippen molar-refractivity contribution in [1.29, 1.82) is 0 Å². The monoisotopic (exact) mass is 350 g/mol. The zero-order valence-corrected chi connectivity index (χ0v) is 15.9. The number of piperidine rings is 1. The van der Waals surface area contributed by atoms with Crippen LogP contribution < -0.4 is 5.32 Å². The SMILES string of the molecule is CCNC(=NCC(CCO)CC(C)C)N1CCC(c2ncn[nH]2)CC1. The predicted octanol–water partition coefficient (Wildman–Crippen LogP) is 1.99. The lowest BCUT2D eigenvalue weighted by atomic mass is 9.94. The van der Waals surface area contributed by atoms with E-state index in [1.54, 1.807) is 6.33 Å². The second kappa shape index (κ2) is 10.4. The highest BCUT2D eigenvalue weighted by Crippen LogP contribution is 2.25. The standard InChI is InChI=1S/C18H34N6O/c1-4-19-18(20-12-15(7-10-25)11-14(2)3)24-8-5-16(6-9-24)17-21-13-22-23-17/h13-16,25H,4-12H2,1-3H3,(H,19,20)(H,21,22,23). The van der Waals surface area contributed by atoms with Crippen LogP contribution >= 0.6 is 0 Å². The maximum atomic E-state index is 9.30. The first-order chi connectivity index (χ1) is 12.1. The van der Waals surface area contributed by atoms with Crippen LogP contribution in [0, 0.1) is 11.8 Å². The van der Waals surface area contributed by atoms with Crippen molar-refractivity contribution in [2.75, 3.05) is 32.8 Å². The van der Waals surface area contributed by atoms with E-state index in [9.17, 15) is 5.11 Å². The van der Waals surface area contributed by atoms with Crippen molar-refractivity contribution in [3.05, 3.63) is 12.2 Å². The van der Waals surface area contributed by atoms with Crippen LogP contribution in [0.1, 0.15) is 58.2 Å². The molecule has 1 aromatic rings. The van der Waals surface area contributed by atoms with Crippen LogP contribution in [0.25, 0.3) is 0 Å². The highest BCUT2D eigenvalue weighted by Gasteiger charge is 2.24. The summed E-state index contributed by atoms with van der Waals surface area (Å²) in [6, 6.07) is 0. The number of aliphatic hydroxyl groups is 1. The van der Waals surface area contributed by atoms with Crippen molar-refractivity contribution in [1.82, 2.24) is 25.4 Å². The molecule has 0 radical (unpaired) electrons. The van der Waals surface area contributed by atoms with E-state index in [1.807, 2.05) is 0 Å². The molecule has 1 aromatic heterocycles. The van der Waals surface area contributed by atoms with Crippen LogP contribution in [-0.4, -0.2) is 63.9 Å². The summed E-state index contributed by atoms with van der Waals surface area (Å²) in [4.78, 5) is 11.5. The molecule has 7 heteroatoms. The number of nitrogens with zero attached hydrogens (tertiary/aromatic N) is 4. The lowest BCUT2D eigenvalue weighted by Gasteiger charge is -2.33. The fourth-order valence-electron chi connectivity index (χ4n) is 3.55. The maximum Gasteiger partial charge on any atom is 0.193 e. The van der Waals surface area contributed by atoms with E-state index in [4.69, 9.17) is 4.99 Å². The lowest BCUT2D eigenvalue weighted by Crippen LogP contribution is -2.45. The van der Waals surface area contributed by atoms with Gasteiger partial charge in [0.15, 0.2) is 5.96 Å². The molecular weight excluding hydrogens is 316 g/mol. The summed E-state index contributed by atoms with van der Waals surface area (Å²) < 4.78 is 0. The van der Waals surface area contributed by atoms with E-state index in [1.165, 1.54) is 0 Å². The third-order valence-electron chi connectivity index (χ3n) is 4.79. The quantitative estimate of drug-likeness (QED) is 0.493. The number of rotatable bonds is 8. The molecule has 0 aliphatic carbocycles. The molecular formula is C18H34N6O. The van der Waals surface area contributed by atoms with Crippen molar-refractivity contribution in [3.63, 3.8) is 0 Å². The van der Waals surface area contributed by atoms with E-state index in [-0.39, 0.29) is 6.61 Å². The summed E-state index contributed by atoms with van der Waals surface area (Å²) in [7, 11) is 0. The van der Waals surface area contributed by atoms with Gasteiger partial charge in [0, 0.05) is 38.7 Å². The highest BCUT2D eigenvalue weighted by molar-refractivity contribution is 5.80. The van der Waals surface area contributed by atoms with Gasteiger partial charge in [0.25, 0.3) is 0 Å². The van der Waals surface area contributed by atoms with Crippen LogP contribution in [-0.2, 0) is 0 Å². The molecule has 0 spiro atoms. The molecule has 1 unspecified atom stereocenters. The van der Waals surface area contributed by atoms with Gasteiger partial charge in [-0.1, -0.05) is 13.8 Å². The Labute approximate surface area is 151 Å². The maximum absolute atomic E-state index is 9.30. The van der Waals surface area contributed by atoms with Crippen LogP contribution in [0.4, 0.5) is 0 Å². The summed E-state index contributed by atoms with van der Waals surface area (Å²) in [5.74, 6) is 3.55. The number of aliphatic imine (C=N–C) groups is 1. The molecule has 25 heavy (non-hydrogen) atoms. The average Bonchev–Trinajstić information content (AvgIpc) is 3.13. The van der Waals surface area contributed by atoms with E-state index >= 15 is 0 Å². The Morgan fingerprint density at radius 1 is 1.44 bits per heavy atom. The van der Waals surface area contributed by atoms with Crippen molar-refractivity contribution in [2.45, 2.75) is 52.4 Å². The van der Waals surface area contributed by atoms with Gasteiger partial charge >= 0.3 is 0 Å². The molecule has 1 atom stereocenters. The second-order valence-electron chi connectivity index (χ2n) is 7.33. The number of hydrogen-bond donors (Lipinski definition) is 3. The van der Waals surface area contributed by atoms with Gasteiger partial charge in [0.2, 0.25) is 0 Å². The van der Waals surface area contributed by atoms with Crippen molar-refractivity contribution in [3.8, 4) is 0 Å². The molecule has 1 fully saturated rings. The second-order valence-corrected chi connectivity index (χ2v) is 7.33. The van der Waals surface area contributed by atoms with Gasteiger partial charge in [0.1, 0.15) is 12.2 Å². The summed E-state index contributed by atoms with van der Waals surface area (Å²) >= 11 is 0. The Morgan fingerprint density at radius 3 is 2.76 bits per heavy atom. The summed E-state index contributed by atoms with van der Waals surface area (Å²) in [5.41, 5.74) is 0. The Kier molecular flexibility index (Phi) is 8.18. The van der Waals surface area contributed by atoms with Gasteiger partial charge in [-0.25, -0.2) is 4.98 Å². The number of H-pyrrole nitrogens is 1. The molecule has 1 aliphatic rings. The fraction of sp³-hybridized carbons (Fsp3) is 0.833. The van der Waals surface area contributed by atoms with Crippen molar-refractivity contribution < 1.29 is 5.11 Å². The first kappa shape index (κ1) is 19.7. The number of aliphatic hydroxyl groups excluding tert-OH is 1. The minimum Gasteiger partial charge on any atom is -0.396 e. The number of aromatic nitrogens is 3.